The molecular weight excluding hydrogens is 176 g/mol. The SMILES string of the molecule is OCCN(CC1CC1)CC1CCCN1. The van der Waals surface area contributed by atoms with Crippen molar-refractivity contribution < 1.29 is 5.11 Å². The van der Waals surface area contributed by atoms with Gasteiger partial charge in [-0.05, 0) is 38.1 Å². The van der Waals surface area contributed by atoms with Crippen LogP contribution in [0.5, 0.6) is 0 Å². The largest absolute Gasteiger partial charge is 0.395 e. The summed E-state index contributed by atoms with van der Waals surface area (Å²) in [5.74, 6) is 0.933. The minimum atomic E-state index is 0.305. The van der Waals surface area contributed by atoms with Crippen LogP contribution in [0.1, 0.15) is 25.7 Å². The van der Waals surface area contributed by atoms with Gasteiger partial charge in [-0.15, -0.1) is 0 Å². The maximum Gasteiger partial charge on any atom is 0.0558 e. The van der Waals surface area contributed by atoms with E-state index in [0.717, 1.165) is 19.0 Å². The molecule has 0 radical (unpaired) electrons. The fourth-order valence-electron chi connectivity index (χ4n) is 2.29. The summed E-state index contributed by atoms with van der Waals surface area (Å²) in [6, 6.07) is 0.681. The molecule has 3 heteroatoms. The maximum atomic E-state index is 8.98. The summed E-state index contributed by atoms with van der Waals surface area (Å²) < 4.78 is 0. The molecule has 1 atom stereocenters. The van der Waals surface area contributed by atoms with Crippen molar-refractivity contribution in [2.75, 3.05) is 32.8 Å². The summed E-state index contributed by atoms with van der Waals surface area (Å²) in [6.07, 6.45) is 5.44. The van der Waals surface area contributed by atoms with Crippen LogP contribution in [-0.4, -0.2) is 48.8 Å². The smallest absolute Gasteiger partial charge is 0.0558 e. The normalized spacial score (nSPS) is 27.4. The van der Waals surface area contributed by atoms with Crippen molar-refractivity contribution >= 4 is 0 Å². The Hall–Kier alpha value is -0.120. The molecule has 3 nitrogen and oxygen atoms in total. The lowest BCUT2D eigenvalue weighted by atomic mass is 10.2. The van der Waals surface area contributed by atoms with E-state index in [1.807, 2.05) is 0 Å². The van der Waals surface area contributed by atoms with Crippen LogP contribution in [0.2, 0.25) is 0 Å². The third-order valence-corrected chi connectivity index (χ3v) is 3.27. The van der Waals surface area contributed by atoms with Gasteiger partial charge < -0.3 is 10.4 Å². The van der Waals surface area contributed by atoms with Gasteiger partial charge in [-0.2, -0.15) is 0 Å². The van der Waals surface area contributed by atoms with Crippen LogP contribution < -0.4 is 5.32 Å². The second kappa shape index (κ2) is 5.10. The van der Waals surface area contributed by atoms with Crippen LogP contribution in [0, 0.1) is 5.92 Å². The summed E-state index contributed by atoms with van der Waals surface area (Å²) in [5, 5.41) is 12.5. The molecule has 0 aromatic carbocycles. The molecule has 0 amide bonds. The standard InChI is InChI=1S/C11H22N2O/c14-7-6-13(8-10-3-4-10)9-11-2-1-5-12-11/h10-12,14H,1-9H2. The molecule has 1 saturated heterocycles. The van der Waals surface area contributed by atoms with Crippen molar-refractivity contribution in [1.29, 1.82) is 0 Å². The molecule has 82 valence electrons. The number of nitrogens with zero attached hydrogens (tertiary/aromatic N) is 1. The Bertz CT molecular complexity index is 165. The van der Waals surface area contributed by atoms with E-state index < -0.39 is 0 Å². The summed E-state index contributed by atoms with van der Waals surface area (Å²) in [7, 11) is 0. The molecule has 1 aliphatic carbocycles. The van der Waals surface area contributed by atoms with Gasteiger partial charge in [0.05, 0.1) is 6.61 Å². The minimum absolute atomic E-state index is 0.305. The summed E-state index contributed by atoms with van der Waals surface area (Å²) in [4.78, 5) is 2.43. The van der Waals surface area contributed by atoms with Crippen LogP contribution in [0.3, 0.4) is 0 Å². The monoisotopic (exact) mass is 198 g/mol. The third-order valence-electron chi connectivity index (χ3n) is 3.27. The van der Waals surface area contributed by atoms with Crippen molar-refractivity contribution in [2.45, 2.75) is 31.7 Å². The Morgan fingerprint density at radius 2 is 2.07 bits per heavy atom. The number of hydrogen-bond donors (Lipinski definition) is 2. The molecule has 2 fully saturated rings. The zero-order valence-corrected chi connectivity index (χ0v) is 8.91. The second-order valence-corrected chi connectivity index (χ2v) is 4.72. The Balaban J connectivity index is 1.70. The average molecular weight is 198 g/mol. The van der Waals surface area contributed by atoms with E-state index in [0.29, 0.717) is 12.6 Å². The Labute approximate surface area is 86.5 Å². The molecule has 1 aliphatic heterocycles. The highest BCUT2D eigenvalue weighted by atomic mass is 16.3. The van der Waals surface area contributed by atoms with Crippen LogP contribution in [0.25, 0.3) is 0 Å². The van der Waals surface area contributed by atoms with E-state index in [1.165, 1.54) is 38.8 Å². The molecule has 14 heavy (non-hydrogen) atoms. The van der Waals surface area contributed by atoms with Gasteiger partial charge >= 0.3 is 0 Å². The van der Waals surface area contributed by atoms with Gasteiger partial charge in [0.25, 0.3) is 0 Å². The van der Waals surface area contributed by atoms with Crippen molar-refractivity contribution in [3.8, 4) is 0 Å². The van der Waals surface area contributed by atoms with Crippen molar-refractivity contribution in [2.24, 2.45) is 5.92 Å². The van der Waals surface area contributed by atoms with Gasteiger partial charge in [0.15, 0.2) is 0 Å². The van der Waals surface area contributed by atoms with Crippen molar-refractivity contribution in [3.63, 3.8) is 0 Å². The van der Waals surface area contributed by atoms with E-state index in [4.69, 9.17) is 5.11 Å². The van der Waals surface area contributed by atoms with Crippen LogP contribution in [-0.2, 0) is 0 Å². The van der Waals surface area contributed by atoms with Crippen molar-refractivity contribution in [1.82, 2.24) is 10.2 Å². The Morgan fingerprint density at radius 3 is 2.64 bits per heavy atom. The maximum absolute atomic E-state index is 8.98. The molecule has 2 N–H and O–H groups in total. The average Bonchev–Trinajstić information content (AvgIpc) is 2.81. The predicted octanol–water partition coefficient (Wildman–Crippen LogP) is 0.443. The first-order chi connectivity index (χ1) is 6.88. The molecule has 0 bridgehead atoms. The number of aliphatic hydroxyl groups excluding tert-OH is 1. The summed E-state index contributed by atoms with van der Waals surface area (Å²) >= 11 is 0. The molecule has 0 aromatic rings. The van der Waals surface area contributed by atoms with Crippen molar-refractivity contribution in [3.05, 3.63) is 0 Å². The number of hydrogen-bond acceptors (Lipinski definition) is 3. The van der Waals surface area contributed by atoms with Gasteiger partial charge in [0.2, 0.25) is 0 Å². The lowest BCUT2D eigenvalue weighted by Gasteiger charge is -2.24. The lowest BCUT2D eigenvalue weighted by Crippen LogP contribution is -2.40. The molecule has 1 unspecified atom stereocenters. The quantitative estimate of drug-likeness (QED) is 0.650. The number of aliphatic hydroxyl groups is 1. The molecule has 0 spiro atoms. The highest BCUT2D eigenvalue weighted by molar-refractivity contribution is 4.82. The number of nitrogens with one attached hydrogen (secondary N) is 1. The van der Waals surface area contributed by atoms with Gasteiger partial charge in [-0.1, -0.05) is 0 Å². The minimum Gasteiger partial charge on any atom is -0.395 e. The number of rotatable bonds is 6. The first-order valence-corrected chi connectivity index (χ1v) is 5.95. The van der Waals surface area contributed by atoms with E-state index in [9.17, 15) is 0 Å². The van der Waals surface area contributed by atoms with Gasteiger partial charge in [0.1, 0.15) is 0 Å². The highest BCUT2D eigenvalue weighted by Crippen LogP contribution is 2.29. The topological polar surface area (TPSA) is 35.5 Å². The molecule has 2 rings (SSSR count). The Morgan fingerprint density at radius 1 is 1.21 bits per heavy atom. The van der Waals surface area contributed by atoms with Gasteiger partial charge in [-0.25, -0.2) is 0 Å². The zero-order chi connectivity index (χ0) is 9.80. The predicted molar refractivity (Wildman–Crippen MR) is 57.3 cm³/mol. The first kappa shape index (κ1) is 10.4. The van der Waals surface area contributed by atoms with Crippen LogP contribution >= 0.6 is 0 Å². The van der Waals surface area contributed by atoms with E-state index in [2.05, 4.69) is 10.2 Å². The lowest BCUT2D eigenvalue weighted by molar-refractivity contribution is 0.179. The summed E-state index contributed by atoms with van der Waals surface area (Å²) in [5.41, 5.74) is 0. The fraction of sp³-hybridized carbons (Fsp3) is 1.00. The van der Waals surface area contributed by atoms with Gasteiger partial charge in [-0.3, -0.25) is 4.90 Å². The van der Waals surface area contributed by atoms with Crippen LogP contribution in [0.4, 0.5) is 0 Å². The third kappa shape index (κ3) is 3.23. The summed E-state index contributed by atoms with van der Waals surface area (Å²) in [6.45, 7) is 4.69. The molecular formula is C11H22N2O. The Kier molecular flexibility index (Phi) is 3.79. The van der Waals surface area contributed by atoms with E-state index >= 15 is 0 Å². The molecule has 1 heterocycles. The highest BCUT2D eigenvalue weighted by Gasteiger charge is 2.25. The van der Waals surface area contributed by atoms with E-state index in [-0.39, 0.29) is 0 Å². The van der Waals surface area contributed by atoms with E-state index in [1.54, 1.807) is 0 Å². The first-order valence-electron chi connectivity index (χ1n) is 5.95. The molecule has 1 saturated carbocycles. The second-order valence-electron chi connectivity index (χ2n) is 4.72. The molecule has 2 aliphatic rings. The zero-order valence-electron chi connectivity index (χ0n) is 8.91. The van der Waals surface area contributed by atoms with Crippen LogP contribution in [0.15, 0.2) is 0 Å². The fourth-order valence-corrected chi connectivity index (χ4v) is 2.29. The van der Waals surface area contributed by atoms with Gasteiger partial charge in [0, 0.05) is 25.7 Å². The molecule has 0 aromatic heterocycles.